The van der Waals surface area contributed by atoms with Gasteiger partial charge in [0.05, 0.1) is 5.02 Å². The molecule has 1 N–H and O–H groups in total. The van der Waals surface area contributed by atoms with E-state index in [-0.39, 0.29) is 0 Å². The Balaban J connectivity index is 1.79. The molecule has 20 heavy (non-hydrogen) atoms. The molecule has 1 saturated carbocycles. The second kappa shape index (κ2) is 5.90. The third-order valence-corrected chi connectivity index (χ3v) is 4.94. The zero-order valence-corrected chi connectivity index (χ0v) is 13.2. The number of nitrogens with one attached hydrogen (secondary N) is 1. The Bertz CT molecular complexity index is 473. The van der Waals surface area contributed by atoms with Gasteiger partial charge < -0.3 is 10.2 Å². The van der Waals surface area contributed by atoms with Crippen molar-refractivity contribution in [3.8, 4) is 0 Å². The van der Waals surface area contributed by atoms with Gasteiger partial charge in [-0.1, -0.05) is 18.5 Å². The maximum Gasteiger partial charge on any atom is 0.129 e. The molecule has 0 aromatic carbocycles. The van der Waals surface area contributed by atoms with Crippen molar-refractivity contribution < 1.29 is 0 Å². The van der Waals surface area contributed by atoms with Gasteiger partial charge in [-0.15, -0.1) is 0 Å². The van der Waals surface area contributed by atoms with Crippen molar-refractivity contribution in [2.24, 2.45) is 0 Å². The fourth-order valence-corrected chi connectivity index (χ4v) is 3.34. The summed E-state index contributed by atoms with van der Waals surface area (Å²) in [5.74, 6) is 1.10. The summed E-state index contributed by atoms with van der Waals surface area (Å²) in [6.07, 6.45) is 8.15. The van der Waals surface area contributed by atoms with Crippen LogP contribution in [0.15, 0.2) is 12.3 Å². The minimum Gasteiger partial charge on any atom is -0.351 e. The normalized spacial score (nSPS) is 26.2. The second-order valence-corrected chi connectivity index (χ2v) is 6.59. The summed E-state index contributed by atoms with van der Waals surface area (Å²) in [4.78, 5) is 7.06. The Kier molecular flexibility index (Phi) is 4.18. The smallest absolute Gasteiger partial charge is 0.129 e. The van der Waals surface area contributed by atoms with Crippen LogP contribution in [0.3, 0.4) is 0 Å². The van der Waals surface area contributed by atoms with Gasteiger partial charge in [0.1, 0.15) is 5.82 Å². The Labute approximate surface area is 126 Å². The number of pyridine rings is 1. The summed E-state index contributed by atoms with van der Waals surface area (Å²) in [7, 11) is 0. The highest BCUT2D eigenvalue weighted by atomic mass is 35.5. The van der Waals surface area contributed by atoms with Gasteiger partial charge in [0.2, 0.25) is 0 Å². The van der Waals surface area contributed by atoms with Crippen molar-refractivity contribution in [3.63, 3.8) is 0 Å². The van der Waals surface area contributed by atoms with Crippen LogP contribution in [0.5, 0.6) is 0 Å². The van der Waals surface area contributed by atoms with Gasteiger partial charge in [0.15, 0.2) is 0 Å². The number of hydrogen-bond donors (Lipinski definition) is 1. The zero-order valence-electron chi connectivity index (χ0n) is 12.4. The summed E-state index contributed by atoms with van der Waals surface area (Å²) < 4.78 is 0. The van der Waals surface area contributed by atoms with E-state index >= 15 is 0 Å². The summed E-state index contributed by atoms with van der Waals surface area (Å²) in [5, 5.41) is 4.32. The molecule has 110 valence electrons. The average Bonchev–Trinajstić information content (AvgIpc) is 3.20. The van der Waals surface area contributed by atoms with Gasteiger partial charge >= 0.3 is 0 Å². The lowest BCUT2D eigenvalue weighted by Gasteiger charge is -2.29. The molecule has 2 unspecified atom stereocenters. The highest BCUT2D eigenvalue weighted by Crippen LogP contribution is 2.32. The highest BCUT2D eigenvalue weighted by Gasteiger charge is 2.30. The van der Waals surface area contributed by atoms with E-state index in [0.29, 0.717) is 18.1 Å². The molecule has 4 heteroatoms. The first-order valence-electron chi connectivity index (χ1n) is 7.85. The van der Waals surface area contributed by atoms with Gasteiger partial charge in [0.25, 0.3) is 0 Å². The maximum absolute atomic E-state index is 6.29. The Morgan fingerprint density at radius 3 is 2.85 bits per heavy atom. The van der Waals surface area contributed by atoms with Crippen LogP contribution < -0.4 is 10.2 Å². The molecule has 1 aromatic rings. The molecule has 0 bridgehead atoms. The van der Waals surface area contributed by atoms with Gasteiger partial charge in [-0.05, 0) is 50.7 Å². The Hall–Kier alpha value is -0.800. The molecule has 2 fully saturated rings. The van der Waals surface area contributed by atoms with Crippen LogP contribution in [0.1, 0.15) is 51.5 Å². The standard InChI is InChI=1S/C16H24ClN3/c1-3-14-7-4-11(2)20(14)16-8-12(15(17)10-19-16)9-18-13-5-6-13/h8,10-11,13-14,18H,3-7,9H2,1-2H3. The fourth-order valence-electron chi connectivity index (χ4n) is 3.17. The molecule has 0 amide bonds. The third-order valence-electron chi connectivity index (χ3n) is 4.60. The molecule has 0 spiro atoms. The van der Waals surface area contributed by atoms with Crippen LogP contribution in [0.2, 0.25) is 5.02 Å². The van der Waals surface area contributed by atoms with E-state index < -0.39 is 0 Å². The maximum atomic E-state index is 6.29. The number of hydrogen-bond acceptors (Lipinski definition) is 3. The van der Waals surface area contributed by atoms with E-state index in [1.165, 1.54) is 37.7 Å². The molecule has 1 aliphatic heterocycles. The van der Waals surface area contributed by atoms with Crippen molar-refractivity contribution in [2.45, 2.75) is 70.6 Å². The Morgan fingerprint density at radius 1 is 1.35 bits per heavy atom. The van der Waals surface area contributed by atoms with Crippen molar-refractivity contribution in [2.75, 3.05) is 4.90 Å². The quantitative estimate of drug-likeness (QED) is 0.896. The minimum atomic E-state index is 0.581. The SMILES string of the molecule is CCC1CCC(C)N1c1cc(CNC2CC2)c(Cl)cn1. The van der Waals surface area contributed by atoms with E-state index in [1.807, 2.05) is 6.20 Å². The van der Waals surface area contributed by atoms with E-state index in [9.17, 15) is 0 Å². The predicted octanol–water partition coefficient (Wildman–Crippen LogP) is 3.75. The predicted molar refractivity (Wildman–Crippen MR) is 84.4 cm³/mol. The van der Waals surface area contributed by atoms with E-state index in [2.05, 4.69) is 35.1 Å². The van der Waals surface area contributed by atoms with Crippen molar-refractivity contribution in [1.29, 1.82) is 0 Å². The number of nitrogens with zero attached hydrogens (tertiary/aromatic N) is 2. The van der Waals surface area contributed by atoms with Crippen molar-refractivity contribution in [3.05, 3.63) is 22.8 Å². The average molecular weight is 294 g/mol. The number of anilines is 1. The molecule has 2 heterocycles. The minimum absolute atomic E-state index is 0.581. The first-order valence-corrected chi connectivity index (χ1v) is 8.23. The molecule has 1 aromatic heterocycles. The van der Waals surface area contributed by atoms with Crippen LogP contribution in [0.25, 0.3) is 0 Å². The summed E-state index contributed by atoms with van der Waals surface area (Å²) >= 11 is 6.29. The van der Waals surface area contributed by atoms with Gasteiger partial charge in [-0.25, -0.2) is 4.98 Å². The van der Waals surface area contributed by atoms with Crippen LogP contribution in [-0.2, 0) is 6.54 Å². The number of rotatable bonds is 5. The summed E-state index contributed by atoms with van der Waals surface area (Å²) in [6, 6.07) is 4.10. The second-order valence-electron chi connectivity index (χ2n) is 6.18. The van der Waals surface area contributed by atoms with Crippen LogP contribution in [0, 0.1) is 0 Å². The topological polar surface area (TPSA) is 28.2 Å². The van der Waals surface area contributed by atoms with Gasteiger partial charge in [0, 0.05) is 30.9 Å². The summed E-state index contributed by atoms with van der Waals surface area (Å²) in [6.45, 7) is 5.42. The molecule has 0 radical (unpaired) electrons. The van der Waals surface area contributed by atoms with Gasteiger partial charge in [-0.3, -0.25) is 0 Å². The molecular weight excluding hydrogens is 270 g/mol. The lowest BCUT2D eigenvalue weighted by molar-refractivity contribution is 0.619. The fraction of sp³-hybridized carbons (Fsp3) is 0.688. The Morgan fingerprint density at radius 2 is 2.15 bits per heavy atom. The lowest BCUT2D eigenvalue weighted by atomic mass is 10.1. The molecule has 1 saturated heterocycles. The third kappa shape index (κ3) is 2.94. The zero-order chi connectivity index (χ0) is 14.1. The largest absolute Gasteiger partial charge is 0.351 e. The molecule has 2 atom stereocenters. The molecular formula is C16H24ClN3. The molecule has 3 nitrogen and oxygen atoms in total. The molecule has 1 aliphatic carbocycles. The molecule has 2 aliphatic rings. The van der Waals surface area contributed by atoms with E-state index in [0.717, 1.165) is 17.4 Å². The lowest BCUT2D eigenvalue weighted by Crippen LogP contribution is -2.34. The first kappa shape index (κ1) is 14.2. The van der Waals surface area contributed by atoms with Crippen molar-refractivity contribution in [1.82, 2.24) is 10.3 Å². The first-order chi connectivity index (χ1) is 9.69. The van der Waals surface area contributed by atoms with Crippen LogP contribution in [0.4, 0.5) is 5.82 Å². The number of aromatic nitrogens is 1. The van der Waals surface area contributed by atoms with E-state index in [1.54, 1.807) is 0 Å². The highest BCUT2D eigenvalue weighted by molar-refractivity contribution is 6.31. The van der Waals surface area contributed by atoms with Crippen LogP contribution >= 0.6 is 11.6 Å². The number of halogens is 1. The van der Waals surface area contributed by atoms with Gasteiger partial charge in [-0.2, -0.15) is 0 Å². The van der Waals surface area contributed by atoms with E-state index in [4.69, 9.17) is 11.6 Å². The van der Waals surface area contributed by atoms with Crippen molar-refractivity contribution >= 4 is 17.4 Å². The monoisotopic (exact) mass is 293 g/mol. The molecule has 3 rings (SSSR count). The van der Waals surface area contributed by atoms with Crippen LogP contribution in [-0.4, -0.2) is 23.1 Å². The summed E-state index contributed by atoms with van der Waals surface area (Å²) in [5.41, 5.74) is 1.18.